The molecule has 1 saturated heterocycles. The van der Waals surface area contributed by atoms with E-state index in [0.29, 0.717) is 18.1 Å². The maximum Gasteiger partial charge on any atom is 0.227 e. The van der Waals surface area contributed by atoms with Crippen LogP contribution in [0.4, 0.5) is 5.69 Å². The zero-order valence-corrected chi connectivity index (χ0v) is 15.8. The molecule has 2 aromatic carbocycles. The summed E-state index contributed by atoms with van der Waals surface area (Å²) in [4.78, 5) is 26.7. The number of hydrogen-bond donors (Lipinski definition) is 1. The lowest BCUT2D eigenvalue weighted by atomic mass is 10.1. The summed E-state index contributed by atoms with van der Waals surface area (Å²) in [7, 11) is 0. The van der Waals surface area contributed by atoms with Crippen LogP contribution < -0.4 is 10.2 Å². The monoisotopic (exact) mass is 370 g/mol. The summed E-state index contributed by atoms with van der Waals surface area (Å²) in [6, 6.07) is 13.6. The van der Waals surface area contributed by atoms with E-state index in [4.69, 9.17) is 11.6 Å². The van der Waals surface area contributed by atoms with Gasteiger partial charge >= 0.3 is 0 Å². The Hall–Kier alpha value is -2.33. The second-order valence-corrected chi connectivity index (χ2v) is 7.25. The molecule has 0 radical (unpaired) electrons. The number of carbonyl (C=O) groups is 2. The second-order valence-electron chi connectivity index (χ2n) is 6.81. The smallest absolute Gasteiger partial charge is 0.227 e. The van der Waals surface area contributed by atoms with E-state index in [1.165, 1.54) is 0 Å². The van der Waals surface area contributed by atoms with Crippen LogP contribution in [-0.2, 0) is 16.0 Å². The summed E-state index contributed by atoms with van der Waals surface area (Å²) in [6.45, 7) is 4.98. The first-order chi connectivity index (χ1) is 12.5. The minimum Gasteiger partial charge on any atom is -0.355 e. The van der Waals surface area contributed by atoms with Crippen LogP contribution in [0.15, 0.2) is 42.5 Å². The third-order valence-corrected chi connectivity index (χ3v) is 5.08. The molecule has 0 bridgehead atoms. The van der Waals surface area contributed by atoms with E-state index in [9.17, 15) is 9.59 Å². The first kappa shape index (κ1) is 18.5. The molecule has 2 aromatic rings. The Morgan fingerprint density at radius 3 is 2.46 bits per heavy atom. The number of hydrogen-bond acceptors (Lipinski definition) is 2. The predicted octanol–water partition coefficient (Wildman–Crippen LogP) is 3.67. The van der Waals surface area contributed by atoms with Crippen molar-refractivity contribution in [3.8, 4) is 0 Å². The average Bonchev–Trinajstić information content (AvgIpc) is 2.98. The Labute approximate surface area is 159 Å². The van der Waals surface area contributed by atoms with Gasteiger partial charge < -0.3 is 10.2 Å². The maximum atomic E-state index is 12.5. The van der Waals surface area contributed by atoms with E-state index < -0.39 is 0 Å². The normalized spacial score (nSPS) is 16.8. The first-order valence-electron chi connectivity index (χ1n) is 8.84. The molecule has 1 unspecified atom stereocenters. The third kappa shape index (κ3) is 4.07. The topological polar surface area (TPSA) is 49.4 Å². The van der Waals surface area contributed by atoms with Crippen molar-refractivity contribution in [3.63, 3.8) is 0 Å². The molecule has 3 rings (SSSR count). The quantitative estimate of drug-likeness (QED) is 0.873. The van der Waals surface area contributed by atoms with Gasteiger partial charge in [0.2, 0.25) is 11.8 Å². The minimum absolute atomic E-state index is 0.0141. The number of aryl methyl sites for hydroxylation is 2. The molecule has 136 valence electrons. The largest absolute Gasteiger partial charge is 0.355 e. The van der Waals surface area contributed by atoms with E-state index in [2.05, 4.69) is 5.32 Å². The van der Waals surface area contributed by atoms with Crippen LogP contribution >= 0.6 is 11.6 Å². The van der Waals surface area contributed by atoms with E-state index in [1.807, 2.05) is 56.3 Å². The van der Waals surface area contributed by atoms with Gasteiger partial charge in [0.15, 0.2) is 0 Å². The Morgan fingerprint density at radius 1 is 1.15 bits per heavy atom. The SMILES string of the molecule is Cc1cccc(C)c1N1CC(C(=O)NCCc2ccc(Cl)cc2)CC1=O. The highest BCUT2D eigenvalue weighted by atomic mass is 35.5. The summed E-state index contributed by atoms with van der Waals surface area (Å²) in [5, 5.41) is 3.66. The molecule has 4 nitrogen and oxygen atoms in total. The molecule has 0 saturated carbocycles. The van der Waals surface area contributed by atoms with Crippen molar-refractivity contribution in [3.05, 3.63) is 64.2 Å². The molecule has 2 amide bonds. The number of nitrogens with one attached hydrogen (secondary N) is 1. The van der Waals surface area contributed by atoms with Gasteiger partial charge in [0.05, 0.1) is 5.92 Å². The standard InChI is InChI=1S/C21H23ClN2O2/c1-14-4-3-5-15(2)20(14)24-13-17(12-19(24)25)21(26)23-11-10-16-6-8-18(22)9-7-16/h3-9,17H,10-13H2,1-2H3,(H,23,26). The molecule has 1 fully saturated rings. The lowest BCUT2D eigenvalue weighted by Crippen LogP contribution is -2.34. The molecule has 1 aliphatic rings. The summed E-state index contributed by atoms with van der Waals surface area (Å²) in [5.74, 6) is -0.340. The Bertz CT molecular complexity index is 797. The molecule has 0 aromatic heterocycles. The maximum absolute atomic E-state index is 12.5. The van der Waals surface area contributed by atoms with Crippen molar-refractivity contribution in [2.75, 3.05) is 18.0 Å². The number of nitrogens with zero attached hydrogens (tertiary/aromatic N) is 1. The molecule has 26 heavy (non-hydrogen) atoms. The van der Waals surface area contributed by atoms with Gasteiger partial charge in [0.1, 0.15) is 0 Å². The zero-order valence-electron chi connectivity index (χ0n) is 15.1. The van der Waals surface area contributed by atoms with Crippen LogP contribution in [0.1, 0.15) is 23.1 Å². The van der Waals surface area contributed by atoms with Crippen LogP contribution in [0.5, 0.6) is 0 Å². The summed E-state index contributed by atoms with van der Waals surface area (Å²) >= 11 is 5.88. The highest BCUT2D eigenvalue weighted by Crippen LogP contribution is 2.30. The van der Waals surface area contributed by atoms with Gasteiger partial charge in [-0.25, -0.2) is 0 Å². The molecule has 5 heteroatoms. The Kier molecular flexibility index (Phi) is 5.62. The molecular formula is C21H23ClN2O2. The molecule has 0 spiro atoms. The van der Waals surface area contributed by atoms with Crippen molar-refractivity contribution < 1.29 is 9.59 Å². The summed E-state index contributed by atoms with van der Waals surface area (Å²) in [6.07, 6.45) is 1.00. The van der Waals surface area contributed by atoms with Gasteiger partial charge in [-0.2, -0.15) is 0 Å². The second kappa shape index (κ2) is 7.92. The molecule has 1 aliphatic heterocycles. The van der Waals surface area contributed by atoms with Crippen LogP contribution in [-0.4, -0.2) is 24.9 Å². The van der Waals surface area contributed by atoms with Gasteiger partial charge in [-0.1, -0.05) is 41.9 Å². The highest BCUT2D eigenvalue weighted by Gasteiger charge is 2.35. The number of para-hydroxylation sites is 1. The van der Waals surface area contributed by atoms with Crippen molar-refractivity contribution in [1.82, 2.24) is 5.32 Å². The Balaban J connectivity index is 1.58. The predicted molar refractivity (Wildman–Crippen MR) is 105 cm³/mol. The molecule has 1 atom stereocenters. The van der Waals surface area contributed by atoms with E-state index in [0.717, 1.165) is 28.8 Å². The van der Waals surface area contributed by atoms with Gasteiger partial charge in [0.25, 0.3) is 0 Å². The van der Waals surface area contributed by atoms with Crippen LogP contribution in [0.3, 0.4) is 0 Å². The van der Waals surface area contributed by atoms with Crippen LogP contribution in [0, 0.1) is 19.8 Å². The number of amides is 2. The number of anilines is 1. The highest BCUT2D eigenvalue weighted by molar-refractivity contribution is 6.30. The van der Waals surface area contributed by atoms with Gasteiger partial charge in [-0.3, -0.25) is 9.59 Å². The van der Waals surface area contributed by atoms with Crippen molar-refractivity contribution >= 4 is 29.1 Å². The van der Waals surface area contributed by atoms with Crippen LogP contribution in [0.25, 0.3) is 0 Å². The molecular weight excluding hydrogens is 348 g/mol. The van der Waals surface area contributed by atoms with Crippen molar-refractivity contribution in [2.45, 2.75) is 26.7 Å². The van der Waals surface area contributed by atoms with E-state index in [1.54, 1.807) is 4.90 Å². The van der Waals surface area contributed by atoms with E-state index in [-0.39, 0.29) is 24.2 Å². The average molecular weight is 371 g/mol. The number of rotatable bonds is 5. The summed E-state index contributed by atoms with van der Waals surface area (Å²) < 4.78 is 0. The van der Waals surface area contributed by atoms with Gasteiger partial charge in [0, 0.05) is 30.2 Å². The number of halogens is 1. The lowest BCUT2D eigenvalue weighted by molar-refractivity contribution is -0.126. The lowest BCUT2D eigenvalue weighted by Gasteiger charge is -2.21. The fourth-order valence-corrected chi connectivity index (χ4v) is 3.58. The Morgan fingerprint density at radius 2 is 1.81 bits per heavy atom. The van der Waals surface area contributed by atoms with Crippen molar-refractivity contribution in [1.29, 1.82) is 0 Å². The first-order valence-corrected chi connectivity index (χ1v) is 9.22. The molecule has 1 heterocycles. The van der Waals surface area contributed by atoms with Gasteiger partial charge in [-0.15, -0.1) is 0 Å². The van der Waals surface area contributed by atoms with E-state index >= 15 is 0 Å². The number of carbonyl (C=O) groups excluding carboxylic acids is 2. The van der Waals surface area contributed by atoms with Crippen LogP contribution in [0.2, 0.25) is 5.02 Å². The minimum atomic E-state index is -0.299. The molecule has 0 aliphatic carbocycles. The number of benzene rings is 2. The zero-order chi connectivity index (χ0) is 18.7. The fraction of sp³-hybridized carbons (Fsp3) is 0.333. The van der Waals surface area contributed by atoms with Gasteiger partial charge in [-0.05, 0) is 49.1 Å². The summed E-state index contributed by atoms with van der Waals surface area (Å²) in [5.41, 5.74) is 4.17. The third-order valence-electron chi connectivity index (χ3n) is 4.83. The molecule has 1 N–H and O–H groups in total. The fourth-order valence-electron chi connectivity index (χ4n) is 3.46. The van der Waals surface area contributed by atoms with Crippen molar-refractivity contribution in [2.24, 2.45) is 5.92 Å².